The van der Waals surface area contributed by atoms with Crippen molar-refractivity contribution < 1.29 is 19.4 Å². The van der Waals surface area contributed by atoms with E-state index in [-0.39, 0.29) is 11.8 Å². The molecule has 8 heteroatoms. The molecule has 2 heterocycles. The van der Waals surface area contributed by atoms with E-state index in [1.807, 2.05) is 24.7 Å². The van der Waals surface area contributed by atoms with Crippen LogP contribution in [0.2, 0.25) is 0 Å². The molecular formula is C19H21N3O4S. The number of aromatic nitrogens is 2. The monoisotopic (exact) mass is 387 g/mol. The SMILES string of the molecule is Cc1cc(OCC(=O)O)ccc1NC(=O)c1cc2c(C(C)C)nn(C)c2s1. The number of carbonyl (C=O) groups excluding carboxylic acids is 1. The quantitative estimate of drug-likeness (QED) is 0.671. The van der Waals surface area contributed by atoms with Gasteiger partial charge in [0.15, 0.2) is 6.61 Å². The van der Waals surface area contributed by atoms with Crippen LogP contribution in [0.5, 0.6) is 5.75 Å². The molecule has 0 atom stereocenters. The molecule has 0 saturated carbocycles. The van der Waals surface area contributed by atoms with Crippen molar-refractivity contribution in [1.82, 2.24) is 9.78 Å². The lowest BCUT2D eigenvalue weighted by Gasteiger charge is -2.10. The summed E-state index contributed by atoms with van der Waals surface area (Å²) in [5.74, 6) is -0.500. The Hall–Kier alpha value is -2.87. The van der Waals surface area contributed by atoms with E-state index in [4.69, 9.17) is 9.84 Å². The Morgan fingerprint density at radius 2 is 2.07 bits per heavy atom. The van der Waals surface area contributed by atoms with E-state index in [1.54, 1.807) is 18.2 Å². The molecule has 0 fully saturated rings. The summed E-state index contributed by atoms with van der Waals surface area (Å²) < 4.78 is 6.96. The van der Waals surface area contributed by atoms with Gasteiger partial charge in [-0.2, -0.15) is 5.10 Å². The highest BCUT2D eigenvalue weighted by molar-refractivity contribution is 7.20. The molecule has 3 aromatic rings. The van der Waals surface area contributed by atoms with E-state index in [9.17, 15) is 9.59 Å². The smallest absolute Gasteiger partial charge is 0.341 e. The number of thiophene rings is 1. The van der Waals surface area contributed by atoms with Gasteiger partial charge < -0.3 is 15.2 Å². The first-order valence-corrected chi connectivity index (χ1v) is 9.31. The van der Waals surface area contributed by atoms with Gasteiger partial charge in [0, 0.05) is 18.1 Å². The standard InChI is InChI=1S/C19H21N3O4S/c1-10(2)17-13-8-15(27-19(13)22(4)21-17)18(25)20-14-6-5-12(7-11(14)3)26-9-16(23)24/h5-8,10H,9H2,1-4H3,(H,20,25)(H,23,24). The fourth-order valence-electron chi connectivity index (χ4n) is 2.80. The molecule has 0 spiro atoms. The fourth-order valence-corrected chi connectivity index (χ4v) is 3.77. The molecule has 2 aromatic heterocycles. The molecule has 0 unspecified atom stereocenters. The van der Waals surface area contributed by atoms with Crippen LogP contribution in [0.3, 0.4) is 0 Å². The largest absolute Gasteiger partial charge is 0.482 e. The maximum atomic E-state index is 12.7. The fraction of sp³-hybridized carbons (Fsp3) is 0.316. The van der Waals surface area contributed by atoms with Crippen LogP contribution in [-0.4, -0.2) is 33.4 Å². The highest BCUT2D eigenvalue weighted by Crippen LogP contribution is 2.32. The average Bonchev–Trinajstić information content (AvgIpc) is 3.16. The Kier molecular flexibility index (Phi) is 5.18. The van der Waals surface area contributed by atoms with Crippen LogP contribution in [0.4, 0.5) is 5.69 Å². The lowest BCUT2D eigenvalue weighted by molar-refractivity contribution is -0.139. The predicted octanol–water partition coefficient (Wildman–Crippen LogP) is 3.78. The van der Waals surface area contributed by atoms with E-state index in [1.165, 1.54) is 11.3 Å². The zero-order valence-electron chi connectivity index (χ0n) is 15.6. The first kappa shape index (κ1) is 18.9. The molecule has 1 aromatic carbocycles. The van der Waals surface area contributed by atoms with Gasteiger partial charge in [0.1, 0.15) is 10.6 Å². The number of fused-ring (bicyclic) bond motifs is 1. The molecule has 0 saturated heterocycles. The summed E-state index contributed by atoms with van der Waals surface area (Å²) in [6.07, 6.45) is 0. The Bertz CT molecular complexity index is 1020. The second-order valence-corrected chi connectivity index (χ2v) is 7.64. The third-order valence-electron chi connectivity index (χ3n) is 4.12. The molecule has 0 aliphatic heterocycles. The minimum atomic E-state index is -1.04. The van der Waals surface area contributed by atoms with Crippen LogP contribution in [0, 0.1) is 6.92 Å². The molecule has 0 bridgehead atoms. The molecule has 3 rings (SSSR count). The number of hydrogen-bond acceptors (Lipinski definition) is 5. The van der Waals surface area contributed by atoms with Crippen LogP contribution < -0.4 is 10.1 Å². The van der Waals surface area contributed by atoms with E-state index >= 15 is 0 Å². The summed E-state index contributed by atoms with van der Waals surface area (Å²) in [5.41, 5.74) is 2.43. The van der Waals surface area contributed by atoms with E-state index < -0.39 is 12.6 Å². The van der Waals surface area contributed by atoms with Crippen molar-refractivity contribution >= 4 is 39.1 Å². The van der Waals surface area contributed by atoms with Gasteiger partial charge in [0.25, 0.3) is 5.91 Å². The molecule has 0 aliphatic rings. The molecule has 7 nitrogen and oxygen atoms in total. The number of benzene rings is 1. The lowest BCUT2D eigenvalue weighted by Crippen LogP contribution is -2.12. The molecule has 2 N–H and O–H groups in total. The molecule has 0 aliphatic carbocycles. The van der Waals surface area contributed by atoms with Crippen LogP contribution >= 0.6 is 11.3 Å². The lowest BCUT2D eigenvalue weighted by atomic mass is 10.1. The van der Waals surface area contributed by atoms with Crippen molar-refractivity contribution in [2.75, 3.05) is 11.9 Å². The van der Waals surface area contributed by atoms with E-state index in [2.05, 4.69) is 24.3 Å². The van der Waals surface area contributed by atoms with Crippen molar-refractivity contribution in [2.45, 2.75) is 26.7 Å². The topological polar surface area (TPSA) is 93.4 Å². The zero-order valence-corrected chi connectivity index (χ0v) is 16.4. The van der Waals surface area contributed by atoms with Crippen molar-refractivity contribution in [2.24, 2.45) is 7.05 Å². The summed E-state index contributed by atoms with van der Waals surface area (Å²) in [6.45, 7) is 5.58. The first-order valence-electron chi connectivity index (χ1n) is 8.49. The number of ether oxygens (including phenoxy) is 1. The summed E-state index contributed by atoms with van der Waals surface area (Å²) in [7, 11) is 1.88. The number of rotatable bonds is 6. The van der Waals surface area contributed by atoms with Gasteiger partial charge in [0.2, 0.25) is 0 Å². The van der Waals surface area contributed by atoms with Crippen LogP contribution in [-0.2, 0) is 11.8 Å². The molecule has 1 amide bonds. The summed E-state index contributed by atoms with van der Waals surface area (Å²) >= 11 is 1.41. The number of amides is 1. The minimum absolute atomic E-state index is 0.187. The number of hydrogen-bond donors (Lipinski definition) is 2. The van der Waals surface area contributed by atoms with Gasteiger partial charge in [-0.15, -0.1) is 11.3 Å². The Morgan fingerprint density at radius 1 is 1.33 bits per heavy atom. The average molecular weight is 387 g/mol. The van der Waals surface area contributed by atoms with Gasteiger partial charge in [-0.05, 0) is 42.7 Å². The third-order valence-corrected chi connectivity index (χ3v) is 5.32. The zero-order chi connectivity index (χ0) is 19.7. The Labute approximate surface area is 160 Å². The Morgan fingerprint density at radius 3 is 2.70 bits per heavy atom. The second kappa shape index (κ2) is 7.40. The van der Waals surface area contributed by atoms with Gasteiger partial charge >= 0.3 is 5.97 Å². The maximum absolute atomic E-state index is 12.7. The normalized spacial score (nSPS) is 11.1. The van der Waals surface area contributed by atoms with Crippen LogP contribution in [0.15, 0.2) is 24.3 Å². The summed E-state index contributed by atoms with van der Waals surface area (Å²) in [5, 5.41) is 17.1. The number of aryl methyl sites for hydroxylation is 2. The predicted molar refractivity (Wildman–Crippen MR) is 105 cm³/mol. The Balaban J connectivity index is 1.80. The first-order chi connectivity index (χ1) is 12.8. The number of carboxylic acids is 1. The number of nitrogens with zero attached hydrogens (tertiary/aromatic N) is 2. The highest BCUT2D eigenvalue weighted by atomic mass is 32.1. The van der Waals surface area contributed by atoms with Crippen LogP contribution in [0.1, 0.15) is 40.7 Å². The van der Waals surface area contributed by atoms with Crippen molar-refractivity contribution in [3.05, 3.63) is 40.4 Å². The van der Waals surface area contributed by atoms with Gasteiger partial charge in [-0.25, -0.2) is 4.79 Å². The van der Waals surface area contributed by atoms with Crippen molar-refractivity contribution in [3.8, 4) is 5.75 Å². The van der Waals surface area contributed by atoms with Crippen molar-refractivity contribution in [1.29, 1.82) is 0 Å². The summed E-state index contributed by atoms with van der Waals surface area (Å²) in [4.78, 5) is 24.9. The van der Waals surface area contributed by atoms with Crippen LogP contribution in [0.25, 0.3) is 10.2 Å². The number of anilines is 1. The molecule has 0 radical (unpaired) electrons. The third kappa shape index (κ3) is 3.95. The molecular weight excluding hydrogens is 366 g/mol. The number of aliphatic carboxylic acids is 1. The number of carboxylic acid groups (broad SMARTS) is 1. The minimum Gasteiger partial charge on any atom is -0.482 e. The maximum Gasteiger partial charge on any atom is 0.341 e. The molecule has 142 valence electrons. The van der Waals surface area contributed by atoms with Gasteiger partial charge in [-0.3, -0.25) is 9.48 Å². The molecule has 27 heavy (non-hydrogen) atoms. The summed E-state index contributed by atoms with van der Waals surface area (Å²) in [6, 6.07) is 6.93. The van der Waals surface area contributed by atoms with Crippen molar-refractivity contribution in [3.63, 3.8) is 0 Å². The second-order valence-electron chi connectivity index (χ2n) is 6.61. The highest BCUT2D eigenvalue weighted by Gasteiger charge is 2.19. The van der Waals surface area contributed by atoms with E-state index in [0.29, 0.717) is 16.3 Å². The van der Waals surface area contributed by atoms with E-state index in [0.717, 1.165) is 21.5 Å². The van der Waals surface area contributed by atoms with Gasteiger partial charge in [-0.1, -0.05) is 13.8 Å². The number of nitrogens with one attached hydrogen (secondary N) is 1. The van der Waals surface area contributed by atoms with Gasteiger partial charge in [0.05, 0.1) is 10.6 Å². The number of carbonyl (C=O) groups is 2.